The molecular formula is C18H23N3O4S. The fraction of sp³-hybridized carbons (Fsp3) is 0.389. The molecule has 8 heteroatoms. The van der Waals surface area contributed by atoms with E-state index >= 15 is 0 Å². The fourth-order valence-corrected chi connectivity index (χ4v) is 4.55. The number of nitrogens with zero attached hydrogens (tertiary/aromatic N) is 1. The number of aromatic nitrogens is 1. The van der Waals surface area contributed by atoms with Crippen LogP contribution < -0.4 is 5.32 Å². The van der Waals surface area contributed by atoms with E-state index in [1.54, 1.807) is 0 Å². The minimum atomic E-state index is -3.63. The van der Waals surface area contributed by atoms with Crippen molar-refractivity contribution in [3.8, 4) is 0 Å². The summed E-state index contributed by atoms with van der Waals surface area (Å²) in [5.41, 5.74) is 3.99. The number of amides is 1. The number of sulfonamides is 1. The van der Waals surface area contributed by atoms with Gasteiger partial charge < -0.3 is 15.0 Å². The van der Waals surface area contributed by atoms with Crippen LogP contribution in [-0.2, 0) is 14.8 Å². The van der Waals surface area contributed by atoms with Gasteiger partial charge in [0.05, 0.1) is 13.2 Å². The van der Waals surface area contributed by atoms with Crippen molar-refractivity contribution in [2.24, 2.45) is 0 Å². The van der Waals surface area contributed by atoms with Crippen LogP contribution in [-0.4, -0.2) is 49.9 Å². The van der Waals surface area contributed by atoms with Gasteiger partial charge in [-0.15, -0.1) is 0 Å². The molecule has 1 amide bonds. The molecule has 0 saturated carbocycles. The number of aryl methyl sites for hydroxylation is 3. The van der Waals surface area contributed by atoms with E-state index in [4.69, 9.17) is 4.74 Å². The molecule has 1 aliphatic rings. The molecule has 7 nitrogen and oxygen atoms in total. The zero-order valence-electron chi connectivity index (χ0n) is 15.1. The van der Waals surface area contributed by atoms with Crippen molar-refractivity contribution in [1.29, 1.82) is 0 Å². The summed E-state index contributed by atoms with van der Waals surface area (Å²) >= 11 is 0. The van der Waals surface area contributed by atoms with Crippen LogP contribution in [0.15, 0.2) is 29.3 Å². The van der Waals surface area contributed by atoms with Gasteiger partial charge in [0.1, 0.15) is 10.6 Å². The number of aromatic amines is 1. The van der Waals surface area contributed by atoms with Crippen LogP contribution in [0.25, 0.3) is 0 Å². The molecule has 0 spiro atoms. The van der Waals surface area contributed by atoms with Crippen LogP contribution in [0.5, 0.6) is 0 Å². The van der Waals surface area contributed by atoms with Crippen molar-refractivity contribution < 1.29 is 17.9 Å². The maximum Gasteiger partial charge on any atom is 0.272 e. The van der Waals surface area contributed by atoms with Crippen LogP contribution >= 0.6 is 0 Å². The summed E-state index contributed by atoms with van der Waals surface area (Å²) in [4.78, 5) is 15.4. The largest absolute Gasteiger partial charge is 0.379 e. The molecule has 0 unspecified atom stereocenters. The number of rotatable bonds is 4. The summed E-state index contributed by atoms with van der Waals surface area (Å²) in [6.07, 6.45) is 1.36. The van der Waals surface area contributed by atoms with Gasteiger partial charge in [0.2, 0.25) is 10.0 Å². The Bertz CT molecular complexity index is 905. The van der Waals surface area contributed by atoms with Gasteiger partial charge in [-0.05, 0) is 38.0 Å². The van der Waals surface area contributed by atoms with Crippen molar-refractivity contribution in [2.75, 3.05) is 31.6 Å². The van der Waals surface area contributed by atoms with Crippen molar-refractivity contribution in [3.63, 3.8) is 0 Å². The van der Waals surface area contributed by atoms with Crippen LogP contribution in [0.4, 0.5) is 5.69 Å². The first-order valence-electron chi connectivity index (χ1n) is 8.44. The molecule has 0 aliphatic carbocycles. The average molecular weight is 377 g/mol. The van der Waals surface area contributed by atoms with E-state index in [-0.39, 0.29) is 16.5 Å². The topological polar surface area (TPSA) is 91.5 Å². The lowest BCUT2D eigenvalue weighted by Crippen LogP contribution is -2.40. The van der Waals surface area contributed by atoms with E-state index in [0.717, 1.165) is 22.4 Å². The van der Waals surface area contributed by atoms with E-state index in [0.29, 0.717) is 26.3 Å². The predicted molar refractivity (Wildman–Crippen MR) is 99.0 cm³/mol. The number of carbonyl (C=O) groups is 1. The zero-order valence-corrected chi connectivity index (χ0v) is 15.9. The second kappa shape index (κ2) is 7.22. The predicted octanol–water partition coefficient (Wildman–Crippen LogP) is 2.21. The van der Waals surface area contributed by atoms with E-state index in [1.165, 1.54) is 16.6 Å². The molecular weight excluding hydrogens is 354 g/mol. The number of carbonyl (C=O) groups excluding carboxylic acids is 1. The molecule has 3 rings (SSSR count). The highest BCUT2D eigenvalue weighted by molar-refractivity contribution is 7.89. The Labute approximate surface area is 153 Å². The summed E-state index contributed by atoms with van der Waals surface area (Å²) in [7, 11) is -3.63. The minimum Gasteiger partial charge on any atom is -0.379 e. The molecule has 1 fully saturated rings. The van der Waals surface area contributed by atoms with Gasteiger partial charge in [0.15, 0.2) is 0 Å². The number of morpholine rings is 1. The van der Waals surface area contributed by atoms with Crippen molar-refractivity contribution >= 4 is 21.6 Å². The molecule has 2 N–H and O–H groups in total. The lowest BCUT2D eigenvalue weighted by atomic mass is 10.1. The normalized spacial score (nSPS) is 15.8. The highest BCUT2D eigenvalue weighted by Gasteiger charge is 2.28. The number of nitrogens with one attached hydrogen (secondary N) is 2. The molecule has 140 valence electrons. The van der Waals surface area contributed by atoms with Crippen molar-refractivity contribution in [2.45, 2.75) is 25.7 Å². The first-order valence-corrected chi connectivity index (χ1v) is 9.88. The second-order valence-corrected chi connectivity index (χ2v) is 8.43. The first-order chi connectivity index (χ1) is 12.3. The summed E-state index contributed by atoms with van der Waals surface area (Å²) in [6, 6.07) is 5.36. The molecule has 2 heterocycles. The Balaban J connectivity index is 1.80. The van der Waals surface area contributed by atoms with Gasteiger partial charge in [0, 0.05) is 25.0 Å². The Morgan fingerprint density at radius 3 is 2.35 bits per heavy atom. The van der Waals surface area contributed by atoms with Crippen molar-refractivity contribution in [1.82, 2.24) is 9.29 Å². The minimum absolute atomic E-state index is 0.0851. The molecule has 1 aromatic carbocycles. The SMILES string of the molecule is Cc1cc(C)c(NC(=O)c2cc(S(=O)(=O)N3CCOCC3)c[nH]2)c(C)c1. The molecule has 1 aliphatic heterocycles. The summed E-state index contributed by atoms with van der Waals surface area (Å²) < 4.78 is 31.9. The number of ether oxygens (including phenoxy) is 1. The monoisotopic (exact) mass is 377 g/mol. The zero-order chi connectivity index (χ0) is 18.9. The number of H-pyrrole nitrogens is 1. The molecule has 0 radical (unpaired) electrons. The standard InChI is InChI=1S/C18H23N3O4S/c1-12-8-13(2)17(14(3)9-12)20-18(22)16-10-15(11-19-16)26(23,24)21-4-6-25-7-5-21/h8-11,19H,4-7H2,1-3H3,(H,20,22). The third-order valence-electron chi connectivity index (χ3n) is 4.42. The maximum atomic E-state index is 12.6. The number of hydrogen-bond acceptors (Lipinski definition) is 4. The van der Waals surface area contributed by atoms with Gasteiger partial charge in [-0.2, -0.15) is 4.31 Å². The summed E-state index contributed by atoms with van der Waals surface area (Å²) in [5, 5.41) is 2.87. The molecule has 0 atom stereocenters. The van der Waals surface area contributed by atoms with Crippen LogP contribution in [0.3, 0.4) is 0 Å². The number of benzene rings is 1. The Morgan fingerprint density at radius 1 is 1.12 bits per heavy atom. The highest BCUT2D eigenvalue weighted by Crippen LogP contribution is 2.23. The third kappa shape index (κ3) is 3.67. The van der Waals surface area contributed by atoms with Crippen molar-refractivity contribution in [3.05, 3.63) is 46.8 Å². The molecule has 26 heavy (non-hydrogen) atoms. The lowest BCUT2D eigenvalue weighted by Gasteiger charge is -2.25. The first kappa shape index (κ1) is 18.6. The molecule has 1 saturated heterocycles. The summed E-state index contributed by atoms with van der Waals surface area (Å²) in [6.45, 7) is 7.25. The molecule has 1 aromatic heterocycles. The number of anilines is 1. The van der Waals surface area contributed by atoms with Gasteiger partial charge in [-0.1, -0.05) is 17.7 Å². The quantitative estimate of drug-likeness (QED) is 0.855. The van der Waals surface area contributed by atoms with Crippen LogP contribution in [0.2, 0.25) is 0 Å². The lowest BCUT2D eigenvalue weighted by molar-refractivity contribution is 0.0730. The Kier molecular flexibility index (Phi) is 5.17. The Hall–Kier alpha value is -2.16. The van der Waals surface area contributed by atoms with Crippen LogP contribution in [0, 0.1) is 20.8 Å². The highest BCUT2D eigenvalue weighted by atomic mass is 32.2. The van der Waals surface area contributed by atoms with E-state index in [9.17, 15) is 13.2 Å². The van der Waals surface area contributed by atoms with Crippen LogP contribution in [0.1, 0.15) is 27.2 Å². The Morgan fingerprint density at radius 2 is 1.73 bits per heavy atom. The van der Waals surface area contributed by atoms with E-state index < -0.39 is 10.0 Å². The summed E-state index contributed by atoms with van der Waals surface area (Å²) in [5.74, 6) is -0.372. The third-order valence-corrected chi connectivity index (χ3v) is 6.30. The van der Waals surface area contributed by atoms with E-state index in [1.807, 2.05) is 32.9 Å². The molecule has 2 aromatic rings. The average Bonchev–Trinajstić information content (AvgIpc) is 3.09. The van der Waals surface area contributed by atoms with Gasteiger partial charge in [-0.3, -0.25) is 4.79 Å². The van der Waals surface area contributed by atoms with Gasteiger partial charge >= 0.3 is 0 Å². The smallest absolute Gasteiger partial charge is 0.272 e. The number of hydrogen-bond donors (Lipinski definition) is 2. The molecule has 0 bridgehead atoms. The van der Waals surface area contributed by atoms with Gasteiger partial charge in [0.25, 0.3) is 5.91 Å². The van der Waals surface area contributed by atoms with Gasteiger partial charge in [-0.25, -0.2) is 8.42 Å². The second-order valence-electron chi connectivity index (χ2n) is 6.49. The fourth-order valence-electron chi connectivity index (χ4n) is 3.15. The van der Waals surface area contributed by atoms with E-state index in [2.05, 4.69) is 10.3 Å². The maximum absolute atomic E-state index is 12.6.